The number of piperidine rings is 1. The maximum absolute atomic E-state index is 11.2. The number of para-hydroxylation sites is 1. The van der Waals surface area contributed by atoms with E-state index in [2.05, 4.69) is 22.0 Å². The normalized spacial score (nSPS) is 25.0. The highest BCUT2D eigenvalue weighted by Gasteiger charge is 2.42. The van der Waals surface area contributed by atoms with Gasteiger partial charge < -0.3 is 20.2 Å². The summed E-state index contributed by atoms with van der Waals surface area (Å²) in [6.45, 7) is 6.16. The van der Waals surface area contributed by atoms with Crippen LogP contribution >= 0.6 is 23.2 Å². The molecule has 2 saturated heterocycles. The van der Waals surface area contributed by atoms with Gasteiger partial charge in [0.1, 0.15) is 5.82 Å². The molecule has 2 atom stereocenters. The Balaban J connectivity index is 1.14. The fourth-order valence-corrected chi connectivity index (χ4v) is 6.84. The third-order valence-electron chi connectivity index (χ3n) is 8.70. The number of halogens is 2. The lowest BCUT2D eigenvalue weighted by molar-refractivity contribution is -0.147. The first-order valence-electron chi connectivity index (χ1n) is 13.6. The molecule has 1 aromatic heterocycles. The Bertz CT molecular complexity index is 1340. The van der Waals surface area contributed by atoms with Crippen LogP contribution < -0.4 is 10.2 Å². The van der Waals surface area contributed by atoms with E-state index < -0.39 is 5.97 Å². The lowest BCUT2D eigenvalue weighted by Crippen LogP contribution is -2.56. The molecule has 3 aromatic rings. The lowest BCUT2D eigenvalue weighted by atomic mass is 9.76. The summed E-state index contributed by atoms with van der Waals surface area (Å²) in [4.78, 5) is 25.9. The van der Waals surface area contributed by atoms with Gasteiger partial charge in [0.25, 0.3) is 0 Å². The number of carboxylic acids is 1. The van der Waals surface area contributed by atoms with E-state index in [0.717, 1.165) is 67.3 Å². The number of rotatable bonds is 7. The average molecular weight is 555 g/mol. The number of hydrogen-bond acceptors (Lipinski definition) is 6. The predicted molar refractivity (Wildman–Crippen MR) is 152 cm³/mol. The Morgan fingerprint density at radius 3 is 2.63 bits per heavy atom. The molecular weight excluding hydrogens is 521 g/mol. The number of nitrogens with one attached hydrogen (secondary N) is 1. The van der Waals surface area contributed by atoms with Crippen molar-refractivity contribution >= 4 is 51.8 Å². The molecule has 1 aliphatic carbocycles. The van der Waals surface area contributed by atoms with E-state index in [1.165, 1.54) is 12.8 Å². The van der Waals surface area contributed by atoms with Crippen LogP contribution in [0, 0.1) is 17.8 Å². The van der Waals surface area contributed by atoms with Gasteiger partial charge in [-0.15, -0.1) is 0 Å². The van der Waals surface area contributed by atoms with Crippen molar-refractivity contribution in [3.63, 3.8) is 0 Å². The third kappa shape index (κ3) is 5.04. The van der Waals surface area contributed by atoms with E-state index in [-0.39, 0.29) is 12.0 Å². The minimum atomic E-state index is -0.639. The quantitative estimate of drug-likeness (QED) is 0.364. The average Bonchev–Trinajstić information content (AvgIpc) is 2.82. The molecule has 0 unspecified atom stereocenters. The summed E-state index contributed by atoms with van der Waals surface area (Å²) in [5.41, 5.74) is 1.88. The smallest absolute Gasteiger partial charge is 0.306 e. The Morgan fingerprint density at radius 2 is 1.87 bits per heavy atom. The van der Waals surface area contributed by atoms with Crippen molar-refractivity contribution in [3.8, 4) is 0 Å². The summed E-state index contributed by atoms with van der Waals surface area (Å²) < 4.78 is 0. The van der Waals surface area contributed by atoms with Crippen molar-refractivity contribution in [3.05, 3.63) is 58.1 Å². The molecular formula is C29H33Cl2N5O2. The van der Waals surface area contributed by atoms with Crippen molar-refractivity contribution < 1.29 is 9.90 Å². The first-order valence-corrected chi connectivity index (χ1v) is 14.3. The molecule has 38 heavy (non-hydrogen) atoms. The van der Waals surface area contributed by atoms with Crippen molar-refractivity contribution in [2.24, 2.45) is 17.8 Å². The zero-order valence-electron chi connectivity index (χ0n) is 21.5. The van der Waals surface area contributed by atoms with Crippen molar-refractivity contribution in [1.82, 2.24) is 14.9 Å². The van der Waals surface area contributed by atoms with Crippen LogP contribution in [0.1, 0.15) is 44.2 Å². The van der Waals surface area contributed by atoms with Gasteiger partial charge in [-0.05, 0) is 80.8 Å². The predicted octanol–water partition coefficient (Wildman–Crippen LogP) is 6.12. The van der Waals surface area contributed by atoms with Gasteiger partial charge >= 0.3 is 5.97 Å². The van der Waals surface area contributed by atoms with E-state index in [1.54, 1.807) is 6.07 Å². The molecule has 2 aliphatic heterocycles. The zero-order valence-corrected chi connectivity index (χ0v) is 23.0. The van der Waals surface area contributed by atoms with E-state index in [9.17, 15) is 9.90 Å². The lowest BCUT2D eigenvalue weighted by Gasteiger charge is -2.50. The van der Waals surface area contributed by atoms with E-state index in [4.69, 9.17) is 33.2 Å². The zero-order chi connectivity index (χ0) is 26.4. The minimum absolute atomic E-state index is 0.0597. The highest BCUT2D eigenvalue weighted by Crippen LogP contribution is 2.39. The second-order valence-corrected chi connectivity index (χ2v) is 12.0. The van der Waals surface area contributed by atoms with E-state index in [0.29, 0.717) is 27.9 Å². The number of fused-ring (bicyclic) bond motifs is 1. The minimum Gasteiger partial charge on any atom is -0.481 e. The van der Waals surface area contributed by atoms with Crippen molar-refractivity contribution in [2.75, 3.05) is 36.4 Å². The summed E-state index contributed by atoms with van der Waals surface area (Å²) in [6, 6.07) is 14.0. The molecule has 2 aromatic carbocycles. The summed E-state index contributed by atoms with van der Waals surface area (Å²) in [7, 11) is 0. The maximum atomic E-state index is 11.2. The molecule has 9 heteroatoms. The number of anilines is 2. The number of aliphatic carboxylic acids is 1. The first-order chi connectivity index (χ1) is 18.4. The number of aromatic nitrogens is 2. The molecule has 0 spiro atoms. The van der Waals surface area contributed by atoms with Crippen LogP contribution in [0.4, 0.5) is 11.8 Å². The largest absolute Gasteiger partial charge is 0.481 e. The SMILES string of the molecule is C[C@@H](Nc1nc(N2CC([C@H]3CCCN([C@H]4C[C@@H](C(=O)O)C4)C3)C2)nc2ccccc12)c1ccc(Cl)cc1Cl. The summed E-state index contributed by atoms with van der Waals surface area (Å²) in [5, 5.41) is 15.0. The number of likely N-dealkylation sites (tertiary alicyclic amines) is 1. The Morgan fingerprint density at radius 1 is 1.08 bits per heavy atom. The monoisotopic (exact) mass is 553 g/mol. The second kappa shape index (κ2) is 10.5. The molecule has 3 fully saturated rings. The van der Waals surface area contributed by atoms with Gasteiger partial charge in [0.2, 0.25) is 5.95 Å². The highest BCUT2D eigenvalue weighted by molar-refractivity contribution is 6.35. The topological polar surface area (TPSA) is 81.6 Å². The molecule has 0 radical (unpaired) electrons. The van der Waals surface area contributed by atoms with E-state index >= 15 is 0 Å². The standard InChI is InChI=1S/C29H33Cl2N5O2/c1-17(23-9-8-21(30)13-25(23)31)32-27-24-6-2-3-7-26(24)33-29(34-27)36-15-20(16-36)18-5-4-10-35(14-18)22-11-19(12-22)28(37)38/h2-3,6-9,13,17-20,22H,4-5,10-12,14-16H2,1H3,(H,37,38)(H,32,33,34)/t17-,18+,19-,22+/m1/s1. The Labute approximate surface area is 233 Å². The van der Waals surface area contributed by atoms with Gasteiger partial charge in [-0.2, -0.15) is 4.98 Å². The summed E-state index contributed by atoms with van der Waals surface area (Å²) >= 11 is 12.6. The van der Waals surface area contributed by atoms with Gasteiger partial charge in [0.05, 0.1) is 17.5 Å². The Kier molecular flexibility index (Phi) is 7.10. The second-order valence-electron chi connectivity index (χ2n) is 11.1. The van der Waals surface area contributed by atoms with Crippen molar-refractivity contribution in [2.45, 2.75) is 44.7 Å². The molecule has 7 nitrogen and oxygen atoms in total. The van der Waals surface area contributed by atoms with Gasteiger partial charge in [-0.3, -0.25) is 4.79 Å². The number of nitrogens with zero attached hydrogens (tertiary/aromatic N) is 4. The van der Waals surface area contributed by atoms with Crippen LogP contribution in [0.2, 0.25) is 10.0 Å². The van der Waals surface area contributed by atoms with Crippen LogP contribution in [0.3, 0.4) is 0 Å². The molecule has 2 N–H and O–H groups in total. The molecule has 200 valence electrons. The molecule has 6 rings (SSSR count). The third-order valence-corrected chi connectivity index (χ3v) is 9.26. The Hall–Kier alpha value is -2.61. The fourth-order valence-electron chi connectivity index (χ4n) is 6.27. The van der Waals surface area contributed by atoms with Crippen LogP contribution in [0.15, 0.2) is 42.5 Å². The van der Waals surface area contributed by atoms with Gasteiger partial charge in [-0.1, -0.05) is 41.4 Å². The number of carboxylic acid groups (broad SMARTS) is 1. The number of carbonyl (C=O) groups is 1. The number of hydrogen-bond donors (Lipinski definition) is 2. The van der Waals surface area contributed by atoms with Crippen LogP contribution in [-0.4, -0.2) is 58.2 Å². The van der Waals surface area contributed by atoms with E-state index in [1.807, 2.05) is 36.4 Å². The van der Waals surface area contributed by atoms with Gasteiger partial charge in [0.15, 0.2) is 0 Å². The molecule has 1 saturated carbocycles. The fraction of sp³-hybridized carbons (Fsp3) is 0.483. The first kappa shape index (κ1) is 25.7. The number of benzene rings is 2. The van der Waals surface area contributed by atoms with Crippen LogP contribution in [-0.2, 0) is 4.79 Å². The summed E-state index contributed by atoms with van der Waals surface area (Å²) in [6.07, 6.45) is 4.05. The molecule has 0 bridgehead atoms. The molecule has 3 heterocycles. The maximum Gasteiger partial charge on any atom is 0.306 e. The van der Waals surface area contributed by atoms with Crippen molar-refractivity contribution in [1.29, 1.82) is 0 Å². The van der Waals surface area contributed by atoms with Crippen LogP contribution in [0.5, 0.6) is 0 Å². The highest BCUT2D eigenvalue weighted by atomic mass is 35.5. The van der Waals surface area contributed by atoms with Crippen LogP contribution in [0.25, 0.3) is 10.9 Å². The molecule has 3 aliphatic rings. The molecule has 0 amide bonds. The summed E-state index contributed by atoms with van der Waals surface area (Å²) in [5.74, 6) is 2.04. The van der Waals surface area contributed by atoms with Gasteiger partial charge in [0, 0.05) is 41.1 Å². The van der Waals surface area contributed by atoms with Gasteiger partial charge in [-0.25, -0.2) is 4.98 Å².